The Labute approximate surface area is 230 Å². The topological polar surface area (TPSA) is 51.2 Å². The molecule has 0 radical (unpaired) electrons. The Bertz CT molecular complexity index is 1150. The van der Waals surface area contributed by atoms with Crippen LogP contribution in [0.2, 0.25) is 0 Å². The molecule has 1 aliphatic rings. The summed E-state index contributed by atoms with van der Waals surface area (Å²) in [5.74, 6) is 2.50. The highest BCUT2D eigenvalue weighted by Crippen LogP contribution is 2.32. The normalized spacial score (nSPS) is 13.0. The van der Waals surface area contributed by atoms with E-state index in [4.69, 9.17) is 14.2 Å². The van der Waals surface area contributed by atoms with Crippen LogP contribution in [-0.4, -0.2) is 70.3 Å². The molecule has 3 aromatic rings. The molecule has 1 amide bonds. The molecule has 0 N–H and O–H groups in total. The first-order valence-corrected chi connectivity index (χ1v) is 12.6. The van der Waals surface area contributed by atoms with Crippen molar-refractivity contribution in [3.8, 4) is 17.2 Å². The van der Waals surface area contributed by atoms with E-state index in [0.29, 0.717) is 12.2 Å². The molecule has 0 spiro atoms. The monoisotopic (exact) mass is 554 g/mol. The van der Waals surface area contributed by atoms with E-state index in [0.717, 1.165) is 62.5 Å². The van der Waals surface area contributed by atoms with Gasteiger partial charge in [-0.05, 0) is 90.6 Å². The molecule has 0 saturated heterocycles. The second kappa shape index (κ2) is 13.9. The number of fused-ring (bicyclic) bond motifs is 2. The van der Waals surface area contributed by atoms with Gasteiger partial charge in [0.2, 0.25) is 5.91 Å². The lowest BCUT2D eigenvalue weighted by Crippen LogP contribution is -2.35. The van der Waals surface area contributed by atoms with Crippen LogP contribution < -0.4 is 14.2 Å². The highest BCUT2D eigenvalue weighted by molar-refractivity contribution is 7.17. The van der Waals surface area contributed by atoms with Gasteiger partial charge in [0.05, 0.1) is 27.8 Å². The molecule has 0 bridgehead atoms. The molecule has 0 unspecified atom stereocenters. The lowest BCUT2D eigenvalue weighted by Gasteiger charge is -2.22. The van der Waals surface area contributed by atoms with E-state index < -0.39 is 0 Å². The maximum atomic E-state index is 12.9. The Hall–Kier alpha value is -2.19. The van der Waals surface area contributed by atoms with Crippen LogP contribution in [0, 0.1) is 0 Å². The number of ether oxygens (including phenoxy) is 3. The lowest BCUT2D eigenvalue weighted by molar-refractivity contribution is -0.130. The average molecular weight is 556 g/mol. The summed E-state index contributed by atoms with van der Waals surface area (Å²) in [6.45, 7) is 3.49. The van der Waals surface area contributed by atoms with Gasteiger partial charge in [0, 0.05) is 24.3 Å². The molecule has 1 aliphatic heterocycles. The first kappa shape index (κ1) is 30.0. The van der Waals surface area contributed by atoms with Crippen molar-refractivity contribution in [3.63, 3.8) is 0 Å². The third-order valence-corrected chi connectivity index (χ3v) is 7.64. The van der Waals surface area contributed by atoms with E-state index in [9.17, 15) is 4.79 Å². The van der Waals surface area contributed by atoms with E-state index in [1.807, 2.05) is 23.1 Å². The zero-order valence-electron chi connectivity index (χ0n) is 21.4. The summed E-state index contributed by atoms with van der Waals surface area (Å²) < 4.78 is 17.5. The Morgan fingerprint density at radius 2 is 1.69 bits per heavy atom. The minimum absolute atomic E-state index is 0. The summed E-state index contributed by atoms with van der Waals surface area (Å²) >= 11 is 1.77. The highest BCUT2D eigenvalue weighted by atomic mass is 35.5. The Kier molecular flexibility index (Phi) is 11.6. The van der Waals surface area contributed by atoms with Crippen molar-refractivity contribution in [1.29, 1.82) is 0 Å². The molecule has 6 nitrogen and oxygen atoms in total. The van der Waals surface area contributed by atoms with E-state index >= 15 is 0 Å². The predicted octanol–water partition coefficient (Wildman–Crippen LogP) is 5.26. The summed E-state index contributed by atoms with van der Waals surface area (Å²) in [5.41, 5.74) is 3.61. The average Bonchev–Trinajstić information content (AvgIpc) is 3.19. The minimum atomic E-state index is 0. The first-order chi connectivity index (χ1) is 16.5. The fourth-order valence-corrected chi connectivity index (χ4v) is 5.61. The molecule has 0 atom stereocenters. The number of hydrogen-bond donors (Lipinski definition) is 0. The Morgan fingerprint density at radius 3 is 2.39 bits per heavy atom. The highest BCUT2D eigenvalue weighted by Gasteiger charge is 2.22. The first-order valence-electron chi connectivity index (χ1n) is 11.8. The van der Waals surface area contributed by atoms with Crippen LogP contribution in [0.25, 0.3) is 10.1 Å². The van der Waals surface area contributed by atoms with Crippen LogP contribution >= 0.6 is 36.2 Å². The van der Waals surface area contributed by atoms with Crippen molar-refractivity contribution >= 4 is 52.1 Å². The quantitative estimate of drug-likeness (QED) is 0.342. The van der Waals surface area contributed by atoms with Crippen molar-refractivity contribution in [2.75, 3.05) is 54.6 Å². The number of methoxy groups -OCH3 is 3. The molecule has 198 valence electrons. The van der Waals surface area contributed by atoms with E-state index in [1.54, 1.807) is 32.7 Å². The predicted molar refractivity (Wildman–Crippen MR) is 152 cm³/mol. The molecular weight excluding hydrogens is 519 g/mol. The van der Waals surface area contributed by atoms with Gasteiger partial charge in [-0.1, -0.05) is 0 Å². The van der Waals surface area contributed by atoms with Gasteiger partial charge in [0.25, 0.3) is 0 Å². The fourth-order valence-electron chi connectivity index (χ4n) is 4.59. The van der Waals surface area contributed by atoms with Gasteiger partial charge in [-0.25, -0.2) is 0 Å². The molecule has 0 fully saturated rings. The fraction of sp³-hybridized carbons (Fsp3) is 0.444. The van der Waals surface area contributed by atoms with Crippen molar-refractivity contribution < 1.29 is 19.0 Å². The van der Waals surface area contributed by atoms with Gasteiger partial charge in [-0.2, -0.15) is 0 Å². The second-order valence-electron chi connectivity index (χ2n) is 8.81. The second-order valence-corrected chi connectivity index (χ2v) is 9.72. The van der Waals surface area contributed by atoms with Gasteiger partial charge in [-0.15, -0.1) is 36.2 Å². The molecule has 1 aromatic heterocycles. The number of halogens is 2. The molecule has 36 heavy (non-hydrogen) atoms. The number of rotatable bonds is 10. The van der Waals surface area contributed by atoms with Crippen LogP contribution in [0.4, 0.5) is 0 Å². The number of benzene rings is 2. The van der Waals surface area contributed by atoms with Gasteiger partial charge in [-0.3, -0.25) is 4.79 Å². The van der Waals surface area contributed by atoms with Gasteiger partial charge >= 0.3 is 0 Å². The van der Waals surface area contributed by atoms with Gasteiger partial charge in [0.15, 0.2) is 11.5 Å². The third-order valence-electron chi connectivity index (χ3n) is 6.64. The molecule has 0 saturated carbocycles. The van der Waals surface area contributed by atoms with Crippen LogP contribution in [0.1, 0.15) is 23.1 Å². The molecule has 2 heterocycles. The summed E-state index contributed by atoms with van der Waals surface area (Å²) in [6.07, 6.45) is 3.24. The smallest absolute Gasteiger partial charge is 0.227 e. The minimum Gasteiger partial charge on any atom is -0.497 e. The Morgan fingerprint density at radius 1 is 0.972 bits per heavy atom. The Balaban J connectivity index is 0.00000228. The van der Waals surface area contributed by atoms with Crippen LogP contribution in [-0.2, 0) is 24.1 Å². The standard InChI is InChI=1S/C27H34N2O4S.2ClH/c1-28(12-8-20-18-34-26-17-22(31-2)6-7-23(20)26)10-5-11-29-13-9-19-14-24(32-3)25(33-4)15-21(19)16-27(29)30;;/h6-7,14-15,17-18H,5,8-13,16H2,1-4H3;2*1H. The molecule has 9 heteroatoms. The number of nitrogens with zero attached hydrogens (tertiary/aromatic N) is 2. The lowest BCUT2D eigenvalue weighted by atomic mass is 10.0. The number of carbonyl (C=O) groups excluding carboxylic acids is 1. The van der Waals surface area contributed by atoms with Crippen LogP contribution in [0.5, 0.6) is 17.2 Å². The van der Waals surface area contributed by atoms with Gasteiger partial charge < -0.3 is 24.0 Å². The molecule has 0 aliphatic carbocycles. The molecule has 4 rings (SSSR count). The van der Waals surface area contributed by atoms with E-state index in [-0.39, 0.29) is 30.7 Å². The number of amides is 1. The van der Waals surface area contributed by atoms with Crippen LogP contribution in [0.15, 0.2) is 35.7 Å². The zero-order valence-corrected chi connectivity index (χ0v) is 23.8. The van der Waals surface area contributed by atoms with E-state index in [1.165, 1.54) is 21.2 Å². The third kappa shape index (κ3) is 6.97. The summed E-state index contributed by atoms with van der Waals surface area (Å²) in [7, 11) is 7.14. The molecule has 2 aromatic carbocycles. The van der Waals surface area contributed by atoms with Crippen molar-refractivity contribution in [1.82, 2.24) is 9.80 Å². The van der Waals surface area contributed by atoms with Crippen molar-refractivity contribution in [2.24, 2.45) is 0 Å². The number of carbonyl (C=O) groups is 1. The SMILES string of the molecule is COc1ccc2c(CCN(C)CCCN3CCc4cc(OC)c(OC)cc4CC3=O)csc2c1.Cl.Cl. The summed E-state index contributed by atoms with van der Waals surface area (Å²) in [6, 6.07) is 10.3. The maximum Gasteiger partial charge on any atom is 0.227 e. The summed E-state index contributed by atoms with van der Waals surface area (Å²) in [4.78, 5) is 17.3. The van der Waals surface area contributed by atoms with Crippen molar-refractivity contribution in [3.05, 3.63) is 52.4 Å². The van der Waals surface area contributed by atoms with Gasteiger partial charge in [0.1, 0.15) is 5.75 Å². The molecular formula is C27H36Cl2N2O4S. The van der Waals surface area contributed by atoms with Crippen LogP contribution in [0.3, 0.4) is 0 Å². The number of likely N-dealkylation sites (N-methyl/N-ethyl adjacent to an activating group) is 1. The van der Waals surface area contributed by atoms with Crippen molar-refractivity contribution in [2.45, 2.75) is 25.7 Å². The number of hydrogen-bond acceptors (Lipinski definition) is 6. The summed E-state index contributed by atoms with van der Waals surface area (Å²) in [5, 5.41) is 3.58. The maximum absolute atomic E-state index is 12.9. The van der Waals surface area contributed by atoms with E-state index in [2.05, 4.69) is 29.5 Å². The number of thiophene rings is 1. The zero-order chi connectivity index (χ0) is 24.1. The largest absolute Gasteiger partial charge is 0.497 e.